The van der Waals surface area contributed by atoms with Crippen molar-refractivity contribution in [2.75, 3.05) is 0 Å². The zero-order valence-corrected chi connectivity index (χ0v) is 7.88. The molecule has 1 aromatic rings. The molecule has 0 fully saturated rings. The van der Waals surface area contributed by atoms with Gasteiger partial charge in [-0.2, -0.15) is 5.26 Å². The van der Waals surface area contributed by atoms with Crippen LogP contribution >= 0.6 is 0 Å². The SMILES string of the molecule is N#CCCCc1ccccc1[Si]. The smallest absolute Gasteiger partial charge is 0.0715 e. The van der Waals surface area contributed by atoms with Crippen LogP contribution in [0.15, 0.2) is 24.3 Å². The maximum atomic E-state index is 8.35. The highest BCUT2D eigenvalue weighted by Crippen LogP contribution is 2.00. The first-order valence-corrected chi connectivity index (χ1v) is 4.51. The minimum absolute atomic E-state index is 0.639. The summed E-state index contributed by atoms with van der Waals surface area (Å²) >= 11 is 0. The van der Waals surface area contributed by atoms with Crippen molar-refractivity contribution in [3.8, 4) is 6.07 Å². The van der Waals surface area contributed by atoms with Gasteiger partial charge in [0.05, 0.1) is 16.3 Å². The Bertz CT molecular complexity index is 288. The van der Waals surface area contributed by atoms with Crippen molar-refractivity contribution in [3.05, 3.63) is 29.8 Å². The molecule has 0 spiro atoms. The van der Waals surface area contributed by atoms with E-state index in [0.29, 0.717) is 6.42 Å². The largest absolute Gasteiger partial charge is 0.198 e. The number of hydrogen-bond donors (Lipinski definition) is 0. The summed E-state index contributed by atoms with van der Waals surface area (Å²) in [6.45, 7) is 0. The number of unbranched alkanes of at least 4 members (excludes halogenated alkanes) is 1. The summed E-state index contributed by atoms with van der Waals surface area (Å²) in [5.41, 5.74) is 1.28. The van der Waals surface area contributed by atoms with Gasteiger partial charge in [-0.05, 0) is 18.4 Å². The minimum Gasteiger partial charge on any atom is -0.198 e. The van der Waals surface area contributed by atoms with E-state index in [4.69, 9.17) is 5.26 Å². The molecule has 2 heteroatoms. The molecule has 0 aliphatic heterocycles. The molecule has 0 atom stereocenters. The first-order chi connectivity index (χ1) is 5.84. The van der Waals surface area contributed by atoms with E-state index in [2.05, 4.69) is 22.4 Å². The molecule has 0 saturated heterocycles. The number of benzene rings is 1. The molecule has 0 saturated carbocycles. The lowest BCUT2D eigenvalue weighted by Gasteiger charge is -2.02. The molecule has 0 N–H and O–H groups in total. The maximum absolute atomic E-state index is 8.35. The predicted molar refractivity (Wildman–Crippen MR) is 50.4 cm³/mol. The second kappa shape index (κ2) is 4.73. The second-order valence-corrected chi connectivity index (χ2v) is 3.21. The van der Waals surface area contributed by atoms with Gasteiger partial charge in [0, 0.05) is 6.42 Å². The third kappa shape index (κ3) is 2.52. The Morgan fingerprint density at radius 1 is 1.33 bits per heavy atom. The van der Waals surface area contributed by atoms with Gasteiger partial charge in [0.2, 0.25) is 0 Å². The van der Waals surface area contributed by atoms with E-state index >= 15 is 0 Å². The Morgan fingerprint density at radius 3 is 2.75 bits per heavy atom. The van der Waals surface area contributed by atoms with Crippen molar-refractivity contribution in [1.82, 2.24) is 0 Å². The van der Waals surface area contributed by atoms with Gasteiger partial charge < -0.3 is 0 Å². The predicted octanol–water partition coefficient (Wildman–Crippen LogP) is 1.33. The Balaban J connectivity index is 2.53. The fraction of sp³-hybridized carbons (Fsp3) is 0.300. The molecule has 0 aromatic heterocycles. The Labute approximate surface area is 76.5 Å². The zero-order valence-electron chi connectivity index (χ0n) is 6.88. The molecule has 0 aliphatic rings. The summed E-state index contributed by atoms with van der Waals surface area (Å²) in [4.78, 5) is 0. The van der Waals surface area contributed by atoms with Gasteiger partial charge >= 0.3 is 0 Å². The van der Waals surface area contributed by atoms with Crippen molar-refractivity contribution in [2.45, 2.75) is 19.3 Å². The van der Waals surface area contributed by atoms with Crippen molar-refractivity contribution >= 4 is 15.4 Å². The van der Waals surface area contributed by atoms with Crippen LogP contribution in [0.25, 0.3) is 0 Å². The molecule has 0 heterocycles. The van der Waals surface area contributed by atoms with Crippen molar-refractivity contribution in [3.63, 3.8) is 0 Å². The van der Waals surface area contributed by atoms with Crippen LogP contribution in [0.5, 0.6) is 0 Å². The van der Waals surface area contributed by atoms with E-state index < -0.39 is 0 Å². The normalized spacial score (nSPS) is 9.33. The minimum atomic E-state index is 0.639. The van der Waals surface area contributed by atoms with Crippen LogP contribution in [0.4, 0.5) is 0 Å². The van der Waals surface area contributed by atoms with E-state index in [1.54, 1.807) is 0 Å². The quantitative estimate of drug-likeness (QED) is 0.498. The van der Waals surface area contributed by atoms with Gasteiger partial charge in [-0.1, -0.05) is 29.5 Å². The Kier molecular flexibility index (Phi) is 3.56. The molecule has 1 aromatic carbocycles. The second-order valence-electron chi connectivity index (χ2n) is 2.67. The van der Waals surface area contributed by atoms with E-state index in [1.165, 1.54) is 5.56 Å². The summed E-state index contributed by atoms with van der Waals surface area (Å²) < 4.78 is 0. The first-order valence-electron chi connectivity index (χ1n) is 4.01. The van der Waals surface area contributed by atoms with E-state index in [0.717, 1.165) is 18.0 Å². The van der Waals surface area contributed by atoms with Crippen LogP contribution in [0.3, 0.4) is 0 Å². The molecule has 0 amide bonds. The standard InChI is InChI=1S/C10H10NSi/c11-8-4-3-6-9-5-1-2-7-10(9)12/h1-2,5,7H,3-4,6H2. The van der Waals surface area contributed by atoms with Gasteiger partial charge in [0.25, 0.3) is 0 Å². The third-order valence-corrected chi connectivity index (χ3v) is 2.24. The molecule has 1 nitrogen and oxygen atoms in total. The fourth-order valence-electron chi connectivity index (χ4n) is 1.10. The summed E-state index contributed by atoms with van der Waals surface area (Å²) in [5, 5.41) is 9.49. The molecular weight excluding hydrogens is 162 g/mol. The van der Waals surface area contributed by atoms with Crippen LogP contribution in [-0.4, -0.2) is 10.2 Å². The average Bonchev–Trinajstić information content (AvgIpc) is 2.09. The third-order valence-electron chi connectivity index (χ3n) is 1.75. The zero-order chi connectivity index (χ0) is 8.81. The summed E-state index contributed by atoms with van der Waals surface area (Å²) in [6.07, 6.45) is 2.56. The highest BCUT2D eigenvalue weighted by molar-refractivity contribution is 6.33. The van der Waals surface area contributed by atoms with Crippen LogP contribution in [0, 0.1) is 11.3 Å². The van der Waals surface area contributed by atoms with Crippen molar-refractivity contribution < 1.29 is 0 Å². The van der Waals surface area contributed by atoms with Crippen molar-refractivity contribution in [1.29, 1.82) is 5.26 Å². The average molecular weight is 172 g/mol. The van der Waals surface area contributed by atoms with Crippen LogP contribution in [0.2, 0.25) is 0 Å². The van der Waals surface area contributed by atoms with Gasteiger partial charge in [-0.15, -0.1) is 0 Å². The number of rotatable bonds is 3. The van der Waals surface area contributed by atoms with Gasteiger partial charge in [0.1, 0.15) is 0 Å². The Morgan fingerprint density at radius 2 is 2.08 bits per heavy atom. The fourth-order valence-corrected chi connectivity index (χ4v) is 1.40. The number of aryl methyl sites for hydroxylation is 1. The maximum Gasteiger partial charge on any atom is 0.0715 e. The molecule has 59 valence electrons. The van der Waals surface area contributed by atoms with Gasteiger partial charge in [0.15, 0.2) is 0 Å². The lowest BCUT2D eigenvalue weighted by atomic mass is 10.1. The molecule has 0 aliphatic carbocycles. The van der Waals surface area contributed by atoms with Crippen LogP contribution in [-0.2, 0) is 6.42 Å². The van der Waals surface area contributed by atoms with Gasteiger partial charge in [-0.25, -0.2) is 0 Å². The topological polar surface area (TPSA) is 23.8 Å². The first kappa shape index (κ1) is 9.02. The van der Waals surface area contributed by atoms with Crippen molar-refractivity contribution in [2.24, 2.45) is 0 Å². The lowest BCUT2D eigenvalue weighted by molar-refractivity contribution is 0.854. The van der Waals surface area contributed by atoms with Crippen LogP contribution < -0.4 is 5.19 Å². The summed E-state index contributed by atoms with van der Waals surface area (Å²) in [5.74, 6) is 0. The highest BCUT2D eigenvalue weighted by atomic mass is 28.1. The Hall–Kier alpha value is -1.07. The number of hydrogen-bond acceptors (Lipinski definition) is 1. The molecule has 12 heavy (non-hydrogen) atoms. The van der Waals surface area contributed by atoms with Gasteiger partial charge in [-0.3, -0.25) is 0 Å². The summed E-state index contributed by atoms with van der Waals surface area (Å²) in [6, 6.07) is 10.3. The number of nitrogens with zero attached hydrogens (tertiary/aromatic N) is 1. The highest BCUT2D eigenvalue weighted by Gasteiger charge is 1.95. The molecule has 1 rings (SSSR count). The molecular formula is C10H10NSi. The van der Waals surface area contributed by atoms with E-state index in [1.807, 2.05) is 18.2 Å². The van der Waals surface area contributed by atoms with E-state index in [-0.39, 0.29) is 0 Å². The van der Waals surface area contributed by atoms with E-state index in [9.17, 15) is 0 Å². The summed E-state index contributed by atoms with van der Waals surface area (Å²) in [7, 11) is 3.52. The van der Waals surface area contributed by atoms with Crippen LogP contribution in [0.1, 0.15) is 18.4 Å². The molecule has 0 unspecified atom stereocenters. The lowest BCUT2D eigenvalue weighted by Crippen LogP contribution is -2.08. The monoisotopic (exact) mass is 172 g/mol. The molecule has 0 bridgehead atoms. The number of nitriles is 1. The molecule has 3 radical (unpaired) electrons.